The summed E-state index contributed by atoms with van der Waals surface area (Å²) >= 11 is 0. The molecule has 1 rings (SSSR count). The lowest BCUT2D eigenvalue weighted by Gasteiger charge is -2.36. The molecule has 1 fully saturated rings. The molecule has 116 valence electrons. The van der Waals surface area contributed by atoms with E-state index >= 15 is 0 Å². The Balaban J connectivity index is 2.63. The summed E-state index contributed by atoms with van der Waals surface area (Å²) in [5, 5.41) is 2.82. The van der Waals surface area contributed by atoms with Gasteiger partial charge in [-0.3, -0.25) is 9.59 Å². The van der Waals surface area contributed by atoms with Crippen molar-refractivity contribution in [2.24, 2.45) is 5.73 Å². The molecule has 0 radical (unpaired) electrons. The van der Waals surface area contributed by atoms with Crippen molar-refractivity contribution in [3.05, 3.63) is 0 Å². The van der Waals surface area contributed by atoms with Crippen molar-refractivity contribution in [2.45, 2.75) is 64.3 Å². The minimum Gasteiger partial charge on any atom is -0.355 e. The van der Waals surface area contributed by atoms with E-state index in [1.165, 1.54) is 0 Å². The van der Waals surface area contributed by atoms with Crippen molar-refractivity contribution >= 4 is 11.8 Å². The molecule has 0 heterocycles. The van der Waals surface area contributed by atoms with Crippen LogP contribution in [0, 0.1) is 0 Å². The molecule has 20 heavy (non-hydrogen) atoms. The van der Waals surface area contributed by atoms with Crippen LogP contribution in [0.25, 0.3) is 0 Å². The molecular weight excluding hydrogens is 254 g/mol. The van der Waals surface area contributed by atoms with Crippen molar-refractivity contribution in [3.63, 3.8) is 0 Å². The van der Waals surface area contributed by atoms with Gasteiger partial charge in [-0.1, -0.05) is 33.1 Å². The Bertz CT molecular complexity index is 325. The van der Waals surface area contributed by atoms with Crippen molar-refractivity contribution in [1.29, 1.82) is 0 Å². The van der Waals surface area contributed by atoms with Crippen molar-refractivity contribution < 1.29 is 9.59 Å². The quantitative estimate of drug-likeness (QED) is 0.742. The molecule has 5 nitrogen and oxygen atoms in total. The van der Waals surface area contributed by atoms with Gasteiger partial charge < -0.3 is 16.0 Å². The van der Waals surface area contributed by atoms with E-state index in [2.05, 4.69) is 5.32 Å². The first-order valence-corrected chi connectivity index (χ1v) is 7.88. The zero-order chi connectivity index (χ0) is 15.0. The standard InChI is InChI=1S/C15H29N3O2/c1-3-10-17-13(19)12-18(11-4-2)14(20)15(16)8-6-5-7-9-15/h3-12,16H2,1-2H3,(H,17,19). The van der Waals surface area contributed by atoms with Gasteiger partial charge in [0.15, 0.2) is 0 Å². The molecule has 0 unspecified atom stereocenters. The third-order valence-corrected chi connectivity index (χ3v) is 3.86. The summed E-state index contributed by atoms with van der Waals surface area (Å²) < 4.78 is 0. The van der Waals surface area contributed by atoms with Crippen LogP contribution in [0.3, 0.4) is 0 Å². The Morgan fingerprint density at radius 2 is 1.80 bits per heavy atom. The fourth-order valence-electron chi connectivity index (χ4n) is 2.73. The van der Waals surface area contributed by atoms with E-state index < -0.39 is 5.54 Å². The van der Waals surface area contributed by atoms with E-state index in [-0.39, 0.29) is 18.4 Å². The van der Waals surface area contributed by atoms with E-state index in [1.807, 2.05) is 13.8 Å². The van der Waals surface area contributed by atoms with Gasteiger partial charge in [0, 0.05) is 13.1 Å². The Hall–Kier alpha value is -1.10. The lowest BCUT2D eigenvalue weighted by molar-refractivity contribution is -0.141. The molecule has 0 bridgehead atoms. The molecule has 3 N–H and O–H groups in total. The smallest absolute Gasteiger partial charge is 0.243 e. The van der Waals surface area contributed by atoms with Gasteiger partial charge in [-0.25, -0.2) is 0 Å². The molecule has 0 aliphatic heterocycles. The fraction of sp³-hybridized carbons (Fsp3) is 0.867. The SMILES string of the molecule is CCCNC(=O)CN(CCC)C(=O)C1(N)CCCCC1. The predicted octanol–water partition coefficient (Wildman–Crippen LogP) is 1.41. The van der Waals surface area contributed by atoms with Crippen molar-refractivity contribution in [2.75, 3.05) is 19.6 Å². The lowest BCUT2D eigenvalue weighted by atomic mass is 9.81. The second-order valence-corrected chi connectivity index (χ2v) is 5.79. The fourth-order valence-corrected chi connectivity index (χ4v) is 2.73. The number of nitrogens with one attached hydrogen (secondary N) is 1. The highest BCUT2D eigenvalue weighted by molar-refractivity contribution is 5.90. The molecule has 5 heteroatoms. The molecular formula is C15H29N3O2. The second kappa shape index (κ2) is 8.25. The summed E-state index contributed by atoms with van der Waals surface area (Å²) in [5.41, 5.74) is 5.54. The van der Waals surface area contributed by atoms with Crippen molar-refractivity contribution in [1.82, 2.24) is 10.2 Å². The van der Waals surface area contributed by atoms with E-state index in [1.54, 1.807) is 4.90 Å². The van der Waals surface area contributed by atoms with Crippen LogP contribution < -0.4 is 11.1 Å². The van der Waals surface area contributed by atoms with E-state index in [4.69, 9.17) is 5.73 Å². The number of rotatable bonds is 7. The Morgan fingerprint density at radius 1 is 1.15 bits per heavy atom. The summed E-state index contributed by atoms with van der Waals surface area (Å²) in [6.07, 6.45) is 6.37. The van der Waals surface area contributed by atoms with Crippen LogP contribution in [0.4, 0.5) is 0 Å². The number of hydrogen-bond acceptors (Lipinski definition) is 3. The number of carbonyl (C=O) groups is 2. The van der Waals surface area contributed by atoms with Crippen LogP contribution in [0.15, 0.2) is 0 Å². The van der Waals surface area contributed by atoms with Crippen molar-refractivity contribution in [3.8, 4) is 0 Å². The van der Waals surface area contributed by atoms with Crippen LogP contribution in [0.2, 0.25) is 0 Å². The highest BCUT2D eigenvalue weighted by atomic mass is 16.2. The normalized spacial score (nSPS) is 17.6. The molecule has 0 aromatic heterocycles. The molecule has 1 aliphatic rings. The summed E-state index contributed by atoms with van der Waals surface area (Å²) in [7, 11) is 0. The van der Waals surface area contributed by atoms with E-state index in [0.29, 0.717) is 13.1 Å². The Kier molecular flexibility index (Phi) is 6.99. The summed E-state index contributed by atoms with van der Waals surface area (Å²) in [6, 6.07) is 0. The Morgan fingerprint density at radius 3 is 2.35 bits per heavy atom. The van der Waals surface area contributed by atoms with Gasteiger partial charge in [0.25, 0.3) is 0 Å². The molecule has 2 amide bonds. The Labute approximate surface area is 122 Å². The summed E-state index contributed by atoms with van der Waals surface area (Å²) in [5.74, 6) is -0.140. The monoisotopic (exact) mass is 283 g/mol. The highest BCUT2D eigenvalue weighted by Gasteiger charge is 2.38. The number of amides is 2. The molecule has 0 aromatic carbocycles. The maximum Gasteiger partial charge on any atom is 0.243 e. The van der Waals surface area contributed by atoms with Gasteiger partial charge >= 0.3 is 0 Å². The summed E-state index contributed by atoms with van der Waals surface area (Å²) in [6.45, 7) is 5.39. The minimum atomic E-state index is -0.752. The van der Waals surface area contributed by atoms with Gasteiger partial charge in [0.2, 0.25) is 11.8 Å². The van der Waals surface area contributed by atoms with Crippen LogP contribution in [-0.2, 0) is 9.59 Å². The first-order valence-electron chi connectivity index (χ1n) is 7.88. The average Bonchev–Trinajstić information content (AvgIpc) is 2.44. The molecule has 1 aliphatic carbocycles. The topological polar surface area (TPSA) is 75.4 Å². The first kappa shape index (κ1) is 17.0. The largest absolute Gasteiger partial charge is 0.355 e. The molecule has 0 atom stereocenters. The minimum absolute atomic E-state index is 0.0503. The lowest BCUT2D eigenvalue weighted by Crippen LogP contribution is -2.58. The van der Waals surface area contributed by atoms with Gasteiger partial charge in [0.05, 0.1) is 12.1 Å². The highest BCUT2D eigenvalue weighted by Crippen LogP contribution is 2.27. The second-order valence-electron chi connectivity index (χ2n) is 5.79. The zero-order valence-corrected chi connectivity index (χ0v) is 12.9. The predicted molar refractivity (Wildman–Crippen MR) is 80.2 cm³/mol. The van der Waals surface area contributed by atoms with Crippen LogP contribution in [-0.4, -0.2) is 41.9 Å². The van der Waals surface area contributed by atoms with Gasteiger partial charge in [0.1, 0.15) is 0 Å². The molecule has 0 aromatic rings. The van der Waals surface area contributed by atoms with Gasteiger partial charge in [-0.05, 0) is 25.7 Å². The maximum atomic E-state index is 12.6. The van der Waals surface area contributed by atoms with E-state index in [0.717, 1.165) is 44.9 Å². The number of carbonyl (C=O) groups excluding carboxylic acids is 2. The van der Waals surface area contributed by atoms with Crippen LogP contribution in [0.5, 0.6) is 0 Å². The van der Waals surface area contributed by atoms with Gasteiger partial charge in [-0.15, -0.1) is 0 Å². The molecule has 1 saturated carbocycles. The maximum absolute atomic E-state index is 12.6. The zero-order valence-electron chi connectivity index (χ0n) is 12.9. The number of nitrogens with two attached hydrogens (primary N) is 1. The van der Waals surface area contributed by atoms with Crippen LogP contribution in [0.1, 0.15) is 58.8 Å². The third kappa shape index (κ3) is 4.78. The number of nitrogens with zero attached hydrogens (tertiary/aromatic N) is 1. The molecule has 0 spiro atoms. The first-order chi connectivity index (χ1) is 9.53. The van der Waals surface area contributed by atoms with E-state index in [9.17, 15) is 9.59 Å². The third-order valence-electron chi connectivity index (χ3n) is 3.86. The van der Waals surface area contributed by atoms with Crippen LogP contribution >= 0.6 is 0 Å². The average molecular weight is 283 g/mol. The summed E-state index contributed by atoms with van der Waals surface area (Å²) in [4.78, 5) is 26.1. The molecule has 0 saturated heterocycles. The number of hydrogen-bond donors (Lipinski definition) is 2. The van der Waals surface area contributed by atoms with Gasteiger partial charge in [-0.2, -0.15) is 0 Å².